The Kier molecular flexibility index (Phi) is 4.12. The fourth-order valence-electron chi connectivity index (χ4n) is 2.41. The minimum atomic E-state index is -0.429. The van der Waals surface area contributed by atoms with Gasteiger partial charge in [-0.3, -0.25) is 0 Å². The lowest BCUT2D eigenvalue weighted by atomic mass is 10.0. The average Bonchev–Trinajstić information content (AvgIpc) is 2.50. The molecule has 0 aromatic carbocycles. The highest BCUT2D eigenvalue weighted by atomic mass is 16.6. The molecule has 2 heterocycles. The summed E-state index contributed by atoms with van der Waals surface area (Å²) in [4.78, 5) is 13.8. The number of hydrogen-bond donors (Lipinski definition) is 1. The molecule has 0 spiro atoms. The molecule has 2 aliphatic heterocycles. The number of fused-ring (bicyclic) bond motifs is 1. The molecule has 2 aliphatic rings. The zero-order valence-corrected chi connectivity index (χ0v) is 11.6. The zero-order chi connectivity index (χ0) is 13.2. The van der Waals surface area contributed by atoms with Crippen molar-refractivity contribution in [3.8, 4) is 0 Å². The Morgan fingerprint density at radius 2 is 2.22 bits per heavy atom. The second-order valence-electron chi connectivity index (χ2n) is 6.04. The molecule has 0 aromatic rings. The number of nitrogens with zero attached hydrogens (tertiary/aromatic N) is 1. The van der Waals surface area contributed by atoms with E-state index in [1.54, 1.807) is 4.90 Å². The molecular weight excluding hydrogens is 232 g/mol. The van der Waals surface area contributed by atoms with E-state index in [1.165, 1.54) is 0 Å². The van der Waals surface area contributed by atoms with Gasteiger partial charge in [0.1, 0.15) is 5.60 Å². The van der Waals surface area contributed by atoms with Gasteiger partial charge in [0, 0.05) is 19.7 Å². The van der Waals surface area contributed by atoms with Crippen molar-refractivity contribution < 1.29 is 14.3 Å². The zero-order valence-electron chi connectivity index (χ0n) is 11.6. The summed E-state index contributed by atoms with van der Waals surface area (Å²) in [5, 5.41) is 3.46. The molecule has 0 radical (unpaired) electrons. The van der Waals surface area contributed by atoms with E-state index in [9.17, 15) is 4.79 Å². The van der Waals surface area contributed by atoms with Crippen LogP contribution >= 0.6 is 0 Å². The molecule has 5 nitrogen and oxygen atoms in total. The van der Waals surface area contributed by atoms with Crippen LogP contribution in [0.15, 0.2) is 0 Å². The molecule has 2 fully saturated rings. The lowest BCUT2D eigenvalue weighted by Crippen LogP contribution is -2.55. The fourth-order valence-corrected chi connectivity index (χ4v) is 2.41. The molecule has 1 amide bonds. The molecule has 18 heavy (non-hydrogen) atoms. The summed E-state index contributed by atoms with van der Waals surface area (Å²) >= 11 is 0. The van der Waals surface area contributed by atoms with E-state index in [-0.39, 0.29) is 18.2 Å². The van der Waals surface area contributed by atoms with Gasteiger partial charge in [0.05, 0.1) is 12.1 Å². The summed E-state index contributed by atoms with van der Waals surface area (Å²) < 4.78 is 11.2. The molecule has 2 saturated heterocycles. The van der Waals surface area contributed by atoms with Crippen molar-refractivity contribution in [2.75, 3.05) is 26.2 Å². The number of hydrogen-bond acceptors (Lipinski definition) is 4. The number of carbonyl (C=O) groups is 1. The Balaban J connectivity index is 1.91. The first-order chi connectivity index (χ1) is 8.46. The highest BCUT2D eigenvalue weighted by Crippen LogP contribution is 2.19. The number of carbonyl (C=O) groups excluding carboxylic acids is 1. The second-order valence-corrected chi connectivity index (χ2v) is 6.04. The fraction of sp³-hybridized carbons (Fsp3) is 0.923. The first-order valence-electron chi connectivity index (χ1n) is 6.78. The quantitative estimate of drug-likeness (QED) is 0.711. The van der Waals surface area contributed by atoms with Gasteiger partial charge in [-0.25, -0.2) is 4.79 Å². The smallest absolute Gasteiger partial charge is 0.410 e. The van der Waals surface area contributed by atoms with E-state index in [1.807, 2.05) is 20.8 Å². The van der Waals surface area contributed by atoms with Crippen molar-refractivity contribution >= 4 is 6.09 Å². The lowest BCUT2D eigenvalue weighted by molar-refractivity contribution is -0.0184. The number of nitrogens with one attached hydrogen (secondary N) is 1. The minimum Gasteiger partial charge on any atom is -0.444 e. The SMILES string of the molecule is CC(C)(C)OC(=O)N1CC[C@@H]2OCCCN[C@H]2C1. The second kappa shape index (κ2) is 5.45. The molecule has 5 heteroatoms. The third-order valence-electron chi connectivity index (χ3n) is 3.26. The predicted octanol–water partition coefficient (Wildman–Crippen LogP) is 1.37. The summed E-state index contributed by atoms with van der Waals surface area (Å²) in [6.07, 6.45) is 1.95. The van der Waals surface area contributed by atoms with Gasteiger partial charge in [-0.05, 0) is 40.2 Å². The van der Waals surface area contributed by atoms with Crippen LogP contribution in [0.1, 0.15) is 33.6 Å². The Labute approximate surface area is 109 Å². The summed E-state index contributed by atoms with van der Waals surface area (Å²) in [5.74, 6) is 0. The van der Waals surface area contributed by atoms with Crippen LogP contribution in [0, 0.1) is 0 Å². The van der Waals surface area contributed by atoms with Crippen LogP contribution in [0.4, 0.5) is 4.79 Å². The van der Waals surface area contributed by atoms with Gasteiger partial charge in [-0.2, -0.15) is 0 Å². The van der Waals surface area contributed by atoms with E-state index in [0.29, 0.717) is 6.54 Å². The van der Waals surface area contributed by atoms with Crippen LogP contribution in [-0.4, -0.2) is 55.0 Å². The van der Waals surface area contributed by atoms with Crippen molar-refractivity contribution in [3.63, 3.8) is 0 Å². The maximum Gasteiger partial charge on any atom is 0.410 e. The molecule has 0 aromatic heterocycles. The van der Waals surface area contributed by atoms with E-state index < -0.39 is 5.60 Å². The Morgan fingerprint density at radius 1 is 1.44 bits per heavy atom. The van der Waals surface area contributed by atoms with Crippen LogP contribution in [0.3, 0.4) is 0 Å². The Bertz CT molecular complexity index is 301. The molecule has 0 bridgehead atoms. The molecule has 0 unspecified atom stereocenters. The van der Waals surface area contributed by atoms with Gasteiger partial charge in [0.2, 0.25) is 0 Å². The van der Waals surface area contributed by atoms with Gasteiger partial charge in [0.15, 0.2) is 0 Å². The molecule has 104 valence electrons. The molecule has 2 atom stereocenters. The van der Waals surface area contributed by atoms with Gasteiger partial charge in [-0.1, -0.05) is 0 Å². The summed E-state index contributed by atoms with van der Waals surface area (Å²) in [5.41, 5.74) is -0.429. The van der Waals surface area contributed by atoms with Crippen molar-refractivity contribution in [3.05, 3.63) is 0 Å². The van der Waals surface area contributed by atoms with Gasteiger partial charge < -0.3 is 19.7 Å². The van der Waals surface area contributed by atoms with Crippen LogP contribution in [0.5, 0.6) is 0 Å². The molecule has 2 rings (SSSR count). The monoisotopic (exact) mass is 256 g/mol. The molecular formula is C13H24N2O3. The number of likely N-dealkylation sites (tertiary alicyclic amines) is 1. The topological polar surface area (TPSA) is 50.8 Å². The summed E-state index contributed by atoms with van der Waals surface area (Å²) in [6.45, 7) is 8.86. The van der Waals surface area contributed by atoms with Gasteiger partial charge in [-0.15, -0.1) is 0 Å². The van der Waals surface area contributed by atoms with Crippen LogP contribution in [0.25, 0.3) is 0 Å². The third kappa shape index (κ3) is 3.59. The number of rotatable bonds is 0. The normalized spacial score (nSPS) is 29.4. The third-order valence-corrected chi connectivity index (χ3v) is 3.26. The van der Waals surface area contributed by atoms with E-state index >= 15 is 0 Å². The highest BCUT2D eigenvalue weighted by molar-refractivity contribution is 5.68. The largest absolute Gasteiger partial charge is 0.444 e. The Hall–Kier alpha value is -0.810. The predicted molar refractivity (Wildman–Crippen MR) is 68.6 cm³/mol. The van der Waals surface area contributed by atoms with Crippen LogP contribution < -0.4 is 5.32 Å². The van der Waals surface area contributed by atoms with E-state index in [2.05, 4.69) is 5.32 Å². The summed E-state index contributed by atoms with van der Waals surface area (Å²) in [6, 6.07) is 0.244. The van der Waals surface area contributed by atoms with Crippen molar-refractivity contribution in [1.82, 2.24) is 10.2 Å². The van der Waals surface area contributed by atoms with E-state index in [4.69, 9.17) is 9.47 Å². The number of amides is 1. The highest BCUT2D eigenvalue weighted by Gasteiger charge is 2.34. The van der Waals surface area contributed by atoms with Crippen molar-refractivity contribution in [1.29, 1.82) is 0 Å². The number of piperidine rings is 1. The number of ether oxygens (including phenoxy) is 2. The Morgan fingerprint density at radius 3 is 2.94 bits per heavy atom. The van der Waals surface area contributed by atoms with Gasteiger partial charge in [0.25, 0.3) is 0 Å². The van der Waals surface area contributed by atoms with Gasteiger partial charge >= 0.3 is 6.09 Å². The average molecular weight is 256 g/mol. The van der Waals surface area contributed by atoms with E-state index in [0.717, 1.165) is 32.5 Å². The maximum absolute atomic E-state index is 12.0. The van der Waals surface area contributed by atoms with Crippen LogP contribution in [0.2, 0.25) is 0 Å². The molecule has 0 saturated carbocycles. The standard InChI is InChI=1S/C13H24N2O3/c1-13(2,3)18-12(16)15-7-5-11-10(9-15)14-6-4-8-17-11/h10-11,14H,4-9H2,1-3H3/t10-,11-/m0/s1. The summed E-state index contributed by atoms with van der Waals surface area (Å²) in [7, 11) is 0. The van der Waals surface area contributed by atoms with Crippen molar-refractivity contribution in [2.45, 2.75) is 51.4 Å². The van der Waals surface area contributed by atoms with Crippen LogP contribution in [-0.2, 0) is 9.47 Å². The first-order valence-corrected chi connectivity index (χ1v) is 6.78. The van der Waals surface area contributed by atoms with Crippen molar-refractivity contribution in [2.24, 2.45) is 0 Å². The lowest BCUT2D eigenvalue weighted by Gasteiger charge is -2.38. The minimum absolute atomic E-state index is 0.216. The molecule has 0 aliphatic carbocycles. The first kappa shape index (κ1) is 13.6. The maximum atomic E-state index is 12.0. The molecule has 1 N–H and O–H groups in total.